The van der Waals surface area contributed by atoms with Crippen LogP contribution in [0.15, 0.2) is 36.4 Å². The molecule has 0 saturated carbocycles. The molecule has 0 aliphatic carbocycles. The van der Waals surface area contributed by atoms with Crippen LogP contribution in [0.3, 0.4) is 0 Å². The Morgan fingerprint density at radius 1 is 1.10 bits per heavy atom. The van der Waals surface area contributed by atoms with Crippen LogP contribution in [0.5, 0.6) is 11.5 Å². The van der Waals surface area contributed by atoms with E-state index in [1.807, 2.05) is 18.2 Å². The average molecular weight is 304 g/mol. The third kappa shape index (κ3) is 2.71. The second-order valence-corrected chi connectivity index (χ2v) is 5.50. The predicted octanol–water partition coefficient (Wildman–Crippen LogP) is 3.59. The van der Waals surface area contributed by atoms with Crippen LogP contribution in [0.2, 0.25) is 5.02 Å². The molecule has 1 aliphatic heterocycles. The van der Waals surface area contributed by atoms with Crippen LogP contribution >= 0.6 is 11.6 Å². The molecule has 0 bridgehead atoms. The second kappa shape index (κ2) is 5.96. The van der Waals surface area contributed by atoms with Crippen molar-refractivity contribution < 1.29 is 9.47 Å². The van der Waals surface area contributed by atoms with Crippen molar-refractivity contribution in [3.05, 3.63) is 58.1 Å². The highest BCUT2D eigenvalue weighted by molar-refractivity contribution is 6.32. The molecule has 0 fully saturated rings. The minimum atomic E-state index is 0.156. The van der Waals surface area contributed by atoms with Gasteiger partial charge in [-0.1, -0.05) is 23.7 Å². The van der Waals surface area contributed by atoms with Crippen molar-refractivity contribution >= 4 is 11.6 Å². The molecule has 1 N–H and O–H groups in total. The maximum Gasteiger partial charge on any atom is 0.137 e. The lowest BCUT2D eigenvalue weighted by molar-refractivity contribution is 0.413. The van der Waals surface area contributed by atoms with E-state index >= 15 is 0 Å². The van der Waals surface area contributed by atoms with Gasteiger partial charge in [0.25, 0.3) is 0 Å². The summed E-state index contributed by atoms with van der Waals surface area (Å²) in [6.45, 7) is 0.939. The standard InChI is InChI=1S/C17H18ClNO2/c1-20-13-4-5-14-11(9-13)7-8-19-17(14)12-3-6-16(21-2)15(18)10-12/h3-6,9-10,17,19H,7-8H2,1-2H3. The summed E-state index contributed by atoms with van der Waals surface area (Å²) in [5, 5.41) is 4.19. The van der Waals surface area contributed by atoms with Gasteiger partial charge in [0.2, 0.25) is 0 Å². The Hall–Kier alpha value is -1.71. The fourth-order valence-electron chi connectivity index (χ4n) is 2.83. The van der Waals surface area contributed by atoms with Gasteiger partial charge in [0.15, 0.2) is 0 Å². The first kappa shape index (κ1) is 14.2. The third-order valence-electron chi connectivity index (χ3n) is 3.91. The molecule has 0 radical (unpaired) electrons. The number of methoxy groups -OCH3 is 2. The predicted molar refractivity (Wildman–Crippen MR) is 84.5 cm³/mol. The highest BCUT2D eigenvalue weighted by Crippen LogP contribution is 2.34. The van der Waals surface area contributed by atoms with Crippen molar-refractivity contribution in [1.29, 1.82) is 0 Å². The van der Waals surface area contributed by atoms with Crippen LogP contribution in [0.4, 0.5) is 0 Å². The summed E-state index contributed by atoms with van der Waals surface area (Å²) in [6, 6.07) is 12.3. The van der Waals surface area contributed by atoms with E-state index in [1.165, 1.54) is 11.1 Å². The van der Waals surface area contributed by atoms with Crippen molar-refractivity contribution in [3.63, 3.8) is 0 Å². The lowest BCUT2D eigenvalue weighted by Gasteiger charge is -2.28. The van der Waals surface area contributed by atoms with Gasteiger partial charge in [0, 0.05) is 6.54 Å². The van der Waals surface area contributed by atoms with E-state index in [-0.39, 0.29) is 6.04 Å². The van der Waals surface area contributed by atoms with Gasteiger partial charge in [-0.15, -0.1) is 0 Å². The Balaban J connectivity index is 2.00. The van der Waals surface area contributed by atoms with Crippen LogP contribution in [0.1, 0.15) is 22.7 Å². The minimum absolute atomic E-state index is 0.156. The van der Waals surface area contributed by atoms with Gasteiger partial charge in [0.05, 0.1) is 25.3 Å². The Morgan fingerprint density at radius 3 is 2.67 bits per heavy atom. The molecular formula is C17H18ClNO2. The van der Waals surface area contributed by atoms with Gasteiger partial charge in [0.1, 0.15) is 11.5 Å². The van der Waals surface area contributed by atoms with Crippen molar-refractivity contribution in [3.8, 4) is 11.5 Å². The number of nitrogens with one attached hydrogen (secondary N) is 1. The number of ether oxygens (including phenoxy) is 2. The van der Waals surface area contributed by atoms with E-state index in [2.05, 4.69) is 23.5 Å². The highest BCUT2D eigenvalue weighted by Gasteiger charge is 2.22. The van der Waals surface area contributed by atoms with Gasteiger partial charge in [-0.05, 0) is 47.4 Å². The van der Waals surface area contributed by atoms with Crippen molar-refractivity contribution in [2.45, 2.75) is 12.5 Å². The molecule has 0 amide bonds. The average Bonchev–Trinajstić information content (AvgIpc) is 2.53. The molecular weight excluding hydrogens is 286 g/mol. The number of hydrogen-bond donors (Lipinski definition) is 1. The SMILES string of the molecule is COc1ccc2c(c1)CCNC2c1ccc(OC)c(Cl)c1. The van der Waals surface area contributed by atoms with E-state index in [0.717, 1.165) is 24.3 Å². The first-order valence-electron chi connectivity index (χ1n) is 6.96. The van der Waals surface area contributed by atoms with Crippen LogP contribution in [0.25, 0.3) is 0 Å². The highest BCUT2D eigenvalue weighted by atomic mass is 35.5. The molecule has 3 nitrogen and oxygen atoms in total. The van der Waals surface area contributed by atoms with Gasteiger partial charge >= 0.3 is 0 Å². The van der Waals surface area contributed by atoms with E-state index in [4.69, 9.17) is 21.1 Å². The molecule has 110 valence electrons. The first-order valence-corrected chi connectivity index (χ1v) is 7.34. The quantitative estimate of drug-likeness (QED) is 0.940. The smallest absolute Gasteiger partial charge is 0.137 e. The minimum Gasteiger partial charge on any atom is -0.497 e. The largest absolute Gasteiger partial charge is 0.497 e. The number of hydrogen-bond acceptors (Lipinski definition) is 3. The lowest BCUT2D eigenvalue weighted by atomic mass is 9.89. The molecule has 4 heteroatoms. The zero-order chi connectivity index (χ0) is 14.8. The monoisotopic (exact) mass is 303 g/mol. The first-order chi connectivity index (χ1) is 10.2. The molecule has 1 atom stereocenters. The topological polar surface area (TPSA) is 30.5 Å². The summed E-state index contributed by atoms with van der Waals surface area (Å²) >= 11 is 6.25. The van der Waals surface area contributed by atoms with Crippen molar-refractivity contribution in [2.24, 2.45) is 0 Å². The van der Waals surface area contributed by atoms with Crippen molar-refractivity contribution in [2.75, 3.05) is 20.8 Å². The summed E-state index contributed by atoms with van der Waals surface area (Å²) in [7, 11) is 3.32. The maximum absolute atomic E-state index is 6.25. The summed E-state index contributed by atoms with van der Waals surface area (Å²) in [4.78, 5) is 0. The lowest BCUT2D eigenvalue weighted by Crippen LogP contribution is -2.30. The van der Waals surface area contributed by atoms with Gasteiger partial charge < -0.3 is 14.8 Å². The summed E-state index contributed by atoms with van der Waals surface area (Å²) in [5.74, 6) is 1.60. The fraction of sp³-hybridized carbons (Fsp3) is 0.294. The number of fused-ring (bicyclic) bond motifs is 1. The van der Waals surface area contributed by atoms with Crippen LogP contribution in [0, 0.1) is 0 Å². The van der Waals surface area contributed by atoms with E-state index < -0.39 is 0 Å². The Kier molecular flexibility index (Phi) is 4.04. The fourth-order valence-corrected chi connectivity index (χ4v) is 3.09. The van der Waals surface area contributed by atoms with Crippen molar-refractivity contribution in [1.82, 2.24) is 5.32 Å². The van der Waals surface area contributed by atoms with E-state index in [0.29, 0.717) is 10.8 Å². The van der Waals surface area contributed by atoms with Gasteiger partial charge in [-0.25, -0.2) is 0 Å². The molecule has 21 heavy (non-hydrogen) atoms. The molecule has 0 saturated heterocycles. The summed E-state index contributed by atoms with van der Waals surface area (Å²) < 4.78 is 10.5. The second-order valence-electron chi connectivity index (χ2n) is 5.10. The van der Waals surface area contributed by atoms with E-state index in [9.17, 15) is 0 Å². The van der Waals surface area contributed by atoms with Crippen LogP contribution in [-0.2, 0) is 6.42 Å². The molecule has 1 heterocycles. The van der Waals surface area contributed by atoms with Gasteiger partial charge in [-0.2, -0.15) is 0 Å². The number of halogens is 1. The normalized spacial score (nSPS) is 17.2. The third-order valence-corrected chi connectivity index (χ3v) is 4.21. The summed E-state index contributed by atoms with van der Waals surface area (Å²) in [6.07, 6.45) is 1.01. The molecule has 3 rings (SSSR count). The molecule has 0 aromatic heterocycles. The Bertz CT molecular complexity index is 657. The molecule has 1 aliphatic rings. The molecule has 0 spiro atoms. The molecule has 2 aromatic carbocycles. The number of benzene rings is 2. The van der Waals surface area contributed by atoms with Gasteiger partial charge in [-0.3, -0.25) is 0 Å². The zero-order valence-corrected chi connectivity index (χ0v) is 12.9. The Morgan fingerprint density at radius 2 is 1.95 bits per heavy atom. The van der Waals surface area contributed by atoms with Crippen LogP contribution in [-0.4, -0.2) is 20.8 Å². The molecule has 1 unspecified atom stereocenters. The summed E-state index contributed by atoms with van der Waals surface area (Å²) in [5.41, 5.74) is 3.75. The van der Waals surface area contributed by atoms with E-state index in [1.54, 1.807) is 14.2 Å². The zero-order valence-electron chi connectivity index (χ0n) is 12.2. The van der Waals surface area contributed by atoms with Crippen LogP contribution < -0.4 is 14.8 Å². The number of rotatable bonds is 3. The Labute approximate surface area is 129 Å². The maximum atomic E-state index is 6.25. The molecule has 2 aromatic rings.